The zero-order valence-corrected chi connectivity index (χ0v) is 36.2. The Morgan fingerprint density at radius 3 is 1.07 bits per heavy atom. The van der Waals surface area contributed by atoms with E-state index in [1.54, 1.807) is 0 Å². The van der Waals surface area contributed by atoms with Crippen LogP contribution in [0.1, 0.15) is 16.7 Å². The Morgan fingerprint density at radius 2 is 0.662 bits per heavy atom. The highest BCUT2D eigenvalue weighted by Gasteiger charge is 2.24. The predicted molar refractivity (Wildman–Crippen MR) is 270 cm³/mol. The van der Waals surface area contributed by atoms with Crippen LogP contribution in [0.15, 0.2) is 206 Å². The van der Waals surface area contributed by atoms with Crippen molar-refractivity contribution in [1.29, 1.82) is 15.8 Å². The highest BCUT2D eigenvalue weighted by atomic mass is 15.1. The van der Waals surface area contributed by atoms with Gasteiger partial charge in [-0.15, -0.1) is 0 Å². The van der Waals surface area contributed by atoms with Crippen LogP contribution in [0.2, 0.25) is 0 Å². The van der Waals surface area contributed by atoms with Crippen LogP contribution in [0.5, 0.6) is 0 Å². The number of benzene rings is 9. The molecular weight excluding hydrogens is 833 g/mol. The quantitative estimate of drug-likeness (QED) is 0.157. The molecule has 0 bridgehead atoms. The fraction of sp³-hybridized carbons (Fsp3) is 0. The molecule has 12 rings (SSSR count). The molecule has 8 heteroatoms. The zero-order chi connectivity index (χ0) is 45.7. The fourth-order valence-corrected chi connectivity index (χ4v) is 9.44. The van der Waals surface area contributed by atoms with Gasteiger partial charge in [-0.05, 0) is 95.1 Å². The van der Waals surface area contributed by atoms with Crippen LogP contribution in [0.3, 0.4) is 0 Å². The van der Waals surface area contributed by atoms with E-state index in [1.807, 2.05) is 146 Å². The van der Waals surface area contributed by atoms with Crippen molar-refractivity contribution in [2.75, 3.05) is 0 Å². The van der Waals surface area contributed by atoms with Gasteiger partial charge in [0.2, 0.25) is 0 Å². The van der Waals surface area contributed by atoms with E-state index in [4.69, 9.17) is 15.0 Å². The Balaban J connectivity index is 1.17. The summed E-state index contributed by atoms with van der Waals surface area (Å²) in [5.74, 6) is 1.51. The second kappa shape index (κ2) is 16.2. The van der Waals surface area contributed by atoms with Gasteiger partial charge in [-0.3, -0.25) is 0 Å². The van der Waals surface area contributed by atoms with Crippen molar-refractivity contribution in [3.8, 4) is 86.0 Å². The smallest absolute Gasteiger partial charge is 0.164 e. The van der Waals surface area contributed by atoms with Gasteiger partial charge in [-0.25, -0.2) is 15.0 Å². The number of fused-ring (bicyclic) bond motifs is 6. The molecule has 0 atom stereocenters. The lowest BCUT2D eigenvalue weighted by Crippen LogP contribution is -2.07. The third-order valence-corrected chi connectivity index (χ3v) is 12.7. The molecule has 3 aromatic heterocycles. The van der Waals surface area contributed by atoms with E-state index in [2.05, 4.69) is 88.0 Å². The van der Waals surface area contributed by atoms with Crippen molar-refractivity contribution in [1.82, 2.24) is 24.1 Å². The molecule has 0 fully saturated rings. The third kappa shape index (κ3) is 6.63. The summed E-state index contributed by atoms with van der Waals surface area (Å²) < 4.78 is 4.38. The molecule has 0 saturated heterocycles. The molecule has 0 spiro atoms. The van der Waals surface area contributed by atoms with Gasteiger partial charge < -0.3 is 9.13 Å². The Labute approximate surface area is 390 Å². The third-order valence-electron chi connectivity index (χ3n) is 12.7. The monoisotopic (exact) mass is 866 g/mol. The van der Waals surface area contributed by atoms with E-state index in [0.29, 0.717) is 51.1 Å². The summed E-state index contributed by atoms with van der Waals surface area (Å²) in [7, 11) is 0. The number of aromatic nitrogens is 5. The largest absolute Gasteiger partial charge is 0.308 e. The molecule has 0 aliphatic carbocycles. The van der Waals surface area contributed by atoms with Gasteiger partial charge >= 0.3 is 0 Å². The van der Waals surface area contributed by atoms with Gasteiger partial charge in [0.1, 0.15) is 11.6 Å². The topological polar surface area (TPSA) is 120 Å². The average molecular weight is 867 g/mol. The number of hydrogen-bond acceptors (Lipinski definition) is 6. The molecule has 0 unspecified atom stereocenters. The SMILES string of the molecule is N#Cc1ccc(-c2ccc3c(c2)c2ccccc2n3-c2cc(-c3nc(-c4ccccc4)nc(-c4ccccc4)n3)cc(-n3c4ccccc4c4cc(-c5ccc(C#N)cc5)ccc43)c2C#N)cc1. The van der Waals surface area contributed by atoms with Gasteiger partial charge in [0.15, 0.2) is 17.5 Å². The van der Waals surface area contributed by atoms with E-state index < -0.39 is 0 Å². The molecule has 0 N–H and O–H groups in total. The van der Waals surface area contributed by atoms with Gasteiger partial charge in [0.25, 0.3) is 0 Å². The summed E-state index contributed by atoms with van der Waals surface area (Å²) in [5, 5.41) is 34.7. The lowest BCUT2D eigenvalue weighted by molar-refractivity contribution is 1.06. The van der Waals surface area contributed by atoms with Gasteiger partial charge in [-0.1, -0.05) is 133 Å². The fourth-order valence-electron chi connectivity index (χ4n) is 9.44. The Morgan fingerprint density at radius 1 is 0.294 bits per heavy atom. The second-order valence-corrected chi connectivity index (χ2v) is 16.6. The molecule has 8 nitrogen and oxygen atoms in total. The van der Waals surface area contributed by atoms with E-state index in [1.165, 1.54) is 0 Å². The van der Waals surface area contributed by atoms with E-state index in [0.717, 1.165) is 77.0 Å². The van der Waals surface area contributed by atoms with Crippen molar-refractivity contribution < 1.29 is 0 Å². The summed E-state index contributed by atoms with van der Waals surface area (Å²) in [6, 6.07) is 75.7. The van der Waals surface area contributed by atoms with Crippen LogP contribution in [0, 0.1) is 34.0 Å². The van der Waals surface area contributed by atoms with Crippen molar-refractivity contribution in [3.05, 3.63) is 223 Å². The number of para-hydroxylation sites is 2. The molecule has 0 amide bonds. The Bertz CT molecular complexity index is 3840. The normalized spacial score (nSPS) is 11.2. The number of nitrogens with zero attached hydrogens (tertiary/aromatic N) is 8. The van der Waals surface area contributed by atoms with Crippen molar-refractivity contribution in [2.45, 2.75) is 0 Å². The minimum Gasteiger partial charge on any atom is -0.308 e. The van der Waals surface area contributed by atoms with Crippen LogP contribution in [-0.4, -0.2) is 24.1 Å². The molecule has 9 aromatic carbocycles. The first kappa shape index (κ1) is 39.6. The molecule has 12 aromatic rings. The van der Waals surface area contributed by atoms with E-state index in [9.17, 15) is 15.8 Å². The molecule has 0 radical (unpaired) electrons. The first-order valence-corrected chi connectivity index (χ1v) is 22.1. The number of nitriles is 3. The van der Waals surface area contributed by atoms with Gasteiger partial charge in [0.05, 0.1) is 56.7 Å². The maximum Gasteiger partial charge on any atom is 0.164 e. The van der Waals surface area contributed by atoms with Crippen LogP contribution >= 0.6 is 0 Å². The summed E-state index contributed by atoms with van der Waals surface area (Å²) in [4.78, 5) is 15.4. The van der Waals surface area contributed by atoms with Crippen molar-refractivity contribution in [2.24, 2.45) is 0 Å². The molecule has 0 saturated carbocycles. The average Bonchev–Trinajstić information content (AvgIpc) is 3.93. The standard InChI is InChI=1S/C60H34N8/c61-35-38-19-23-40(24-20-38)44-27-29-54-49(31-44)47-15-7-9-17-52(47)67(54)56-33-46(60-65-58(42-11-3-1-4-12-42)64-59(66-60)43-13-5-2-6-14-43)34-57(51(56)37-63)68-53-18-10-8-16-48(53)50-32-45(28-30-55(50)68)41-25-21-39(36-62)22-26-41/h1-34H. The first-order valence-electron chi connectivity index (χ1n) is 22.1. The maximum absolute atomic E-state index is 11.6. The molecule has 314 valence electrons. The highest BCUT2D eigenvalue weighted by molar-refractivity contribution is 6.12. The van der Waals surface area contributed by atoms with Crippen LogP contribution in [0.4, 0.5) is 0 Å². The van der Waals surface area contributed by atoms with Crippen LogP contribution in [0.25, 0.3) is 111 Å². The van der Waals surface area contributed by atoms with E-state index in [-0.39, 0.29) is 0 Å². The molecule has 68 heavy (non-hydrogen) atoms. The molecule has 0 aliphatic heterocycles. The van der Waals surface area contributed by atoms with E-state index >= 15 is 0 Å². The lowest BCUT2D eigenvalue weighted by atomic mass is 10.0. The summed E-state index contributed by atoms with van der Waals surface area (Å²) in [6.07, 6.45) is 0. The predicted octanol–water partition coefficient (Wildman–Crippen LogP) is 14.0. The lowest BCUT2D eigenvalue weighted by Gasteiger charge is -2.18. The summed E-state index contributed by atoms with van der Waals surface area (Å²) in [6.45, 7) is 0. The second-order valence-electron chi connectivity index (χ2n) is 16.6. The Kier molecular flexibility index (Phi) is 9.47. The van der Waals surface area contributed by atoms with Gasteiger partial charge in [-0.2, -0.15) is 15.8 Å². The highest BCUT2D eigenvalue weighted by Crippen LogP contribution is 2.42. The number of rotatable bonds is 7. The zero-order valence-electron chi connectivity index (χ0n) is 36.2. The minimum absolute atomic E-state index is 0.456. The number of hydrogen-bond donors (Lipinski definition) is 0. The van der Waals surface area contributed by atoms with Crippen LogP contribution < -0.4 is 0 Å². The molecular formula is C60H34N8. The minimum atomic E-state index is 0.456. The van der Waals surface area contributed by atoms with Crippen LogP contribution in [-0.2, 0) is 0 Å². The molecule has 3 heterocycles. The van der Waals surface area contributed by atoms with Gasteiger partial charge in [0, 0.05) is 38.2 Å². The Hall–Kier alpha value is -9.94. The summed E-state index contributed by atoms with van der Waals surface area (Å²) >= 11 is 0. The van der Waals surface area contributed by atoms with Crippen molar-refractivity contribution >= 4 is 43.6 Å². The molecule has 0 aliphatic rings. The maximum atomic E-state index is 11.6. The van der Waals surface area contributed by atoms with Crippen molar-refractivity contribution in [3.63, 3.8) is 0 Å². The summed E-state index contributed by atoms with van der Waals surface area (Å²) in [5.41, 5.74) is 13.1. The first-order chi connectivity index (χ1) is 33.6.